The predicted molar refractivity (Wildman–Crippen MR) is 57.9 cm³/mol. The van der Waals surface area contributed by atoms with Gasteiger partial charge in [0.1, 0.15) is 0 Å². The van der Waals surface area contributed by atoms with Crippen LogP contribution in [0.1, 0.15) is 27.2 Å². The smallest absolute Gasteiger partial charge is 0.264 e. The van der Waals surface area contributed by atoms with Gasteiger partial charge in [0, 0.05) is 20.0 Å². The van der Waals surface area contributed by atoms with E-state index in [4.69, 9.17) is 4.18 Å². The molecule has 0 saturated carbocycles. The molecule has 1 fully saturated rings. The first kappa shape index (κ1) is 14.4. The Bertz CT molecular complexity index is 299. The third-order valence-corrected chi connectivity index (χ3v) is 2.52. The van der Waals surface area contributed by atoms with Gasteiger partial charge in [-0.15, -0.1) is 0 Å². The van der Waals surface area contributed by atoms with Crippen LogP contribution in [0.15, 0.2) is 0 Å². The number of hydrogen-bond donors (Lipinski definition) is 0. The molecule has 6 heteroatoms. The number of rotatable bonds is 2. The molecule has 1 amide bonds. The quantitative estimate of drug-likeness (QED) is 0.660. The van der Waals surface area contributed by atoms with Gasteiger partial charge >= 0.3 is 0 Å². The van der Waals surface area contributed by atoms with Crippen LogP contribution in [-0.2, 0) is 19.1 Å². The normalized spacial score (nSPS) is 20.8. The van der Waals surface area contributed by atoms with Gasteiger partial charge in [0.25, 0.3) is 10.1 Å². The Hall–Kier alpha value is -0.620. The van der Waals surface area contributed by atoms with E-state index in [0.717, 1.165) is 6.26 Å². The molecular formula is C9H19NO4S. The maximum Gasteiger partial charge on any atom is 0.264 e. The molecule has 0 aromatic heterocycles. The molecule has 1 heterocycles. The SMILES string of the molecule is CC.CC(=O)N1CC[C@H](OS(C)(=O)=O)C1. The van der Waals surface area contributed by atoms with Crippen molar-refractivity contribution in [2.24, 2.45) is 0 Å². The number of hydrogen-bond acceptors (Lipinski definition) is 4. The van der Waals surface area contributed by atoms with E-state index in [9.17, 15) is 13.2 Å². The molecule has 15 heavy (non-hydrogen) atoms. The Balaban J connectivity index is 0.000000921. The van der Waals surface area contributed by atoms with Crippen LogP contribution in [0.4, 0.5) is 0 Å². The Morgan fingerprint density at radius 1 is 1.40 bits per heavy atom. The molecule has 0 N–H and O–H groups in total. The highest BCUT2D eigenvalue weighted by Gasteiger charge is 2.27. The summed E-state index contributed by atoms with van der Waals surface area (Å²) < 4.78 is 26.2. The van der Waals surface area contributed by atoms with Crippen LogP contribution in [0.2, 0.25) is 0 Å². The van der Waals surface area contributed by atoms with Gasteiger partial charge < -0.3 is 4.90 Å². The summed E-state index contributed by atoms with van der Waals surface area (Å²) in [7, 11) is -3.39. The summed E-state index contributed by atoms with van der Waals surface area (Å²) in [5, 5.41) is 0. The first-order valence-electron chi connectivity index (χ1n) is 5.02. The summed E-state index contributed by atoms with van der Waals surface area (Å²) in [6, 6.07) is 0. The van der Waals surface area contributed by atoms with Crippen molar-refractivity contribution in [3.63, 3.8) is 0 Å². The zero-order valence-electron chi connectivity index (χ0n) is 9.69. The first-order chi connectivity index (χ1) is 6.88. The van der Waals surface area contributed by atoms with Crippen molar-refractivity contribution in [1.29, 1.82) is 0 Å². The van der Waals surface area contributed by atoms with Gasteiger partial charge in [0.05, 0.1) is 12.4 Å². The summed E-state index contributed by atoms with van der Waals surface area (Å²) in [5.41, 5.74) is 0. The van der Waals surface area contributed by atoms with Crippen LogP contribution >= 0.6 is 0 Å². The second-order valence-corrected chi connectivity index (χ2v) is 4.78. The molecule has 5 nitrogen and oxygen atoms in total. The van der Waals surface area contributed by atoms with Crippen molar-refractivity contribution in [3.8, 4) is 0 Å². The molecule has 1 atom stereocenters. The minimum atomic E-state index is -3.39. The maximum atomic E-state index is 10.9. The summed E-state index contributed by atoms with van der Waals surface area (Å²) in [6.45, 7) is 6.42. The summed E-state index contributed by atoms with van der Waals surface area (Å²) >= 11 is 0. The Morgan fingerprint density at radius 2 is 1.93 bits per heavy atom. The van der Waals surface area contributed by atoms with Crippen LogP contribution in [0.25, 0.3) is 0 Å². The Kier molecular flexibility index (Phi) is 5.82. The van der Waals surface area contributed by atoms with E-state index in [2.05, 4.69) is 0 Å². The lowest BCUT2D eigenvalue weighted by Gasteiger charge is -2.13. The summed E-state index contributed by atoms with van der Waals surface area (Å²) in [6.07, 6.45) is 1.25. The van der Waals surface area contributed by atoms with Crippen molar-refractivity contribution in [3.05, 3.63) is 0 Å². The number of likely N-dealkylation sites (tertiary alicyclic amines) is 1. The second-order valence-electron chi connectivity index (χ2n) is 3.18. The van der Waals surface area contributed by atoms with Crippen molar-refractivity contribution in [2.45, 2.75) is 33.3 Å². The van der Waals surface area contributed by atoms with Crippen LogP contribution in [0.5, 0.6) is 0 Å². The molecule has 0 radical (unpaired) electrons. The lowest BCUT2D eigenvalue weighted by Crippen LogP contribution is -2.28. The zero-order chi connectivity index (χ0) is 12.1. The minimum absolute atomic E-state index is 0.0420. The lowest BCUT2D eigenvalue weighted by atomic mass is 10.3. The van der Waals surface area contributed by atoms with E-state index < -0.39 is 10.1 Å². The van der Waals surface area contributed by atoms with Crippen molar-refractivity contribution >= 4 is 16.0 Å². The second kappa shape index (κ2) is 6.07. The standard InChI is InChI=1S/C7H13NO4S.C2H6/c1-6(9)8-4-3-7(5-8)12-13(2,10)11;1-2/h7H,3-5H2,1-2H3;1-2H3/t7-;/m0./s1. The van der Waals surface area contributed by atoms with Crippen LogP contribution < -0.4 is 0 Å². The topological polar surface area (TPSA) is 63.7 Å². The molecule has 1 aliphatic heterocycles. The highest BCUT2D eigenvalue weighted by Crippen LogP contribution is 2.14. The van der Waals surface area contributed by atoms with E-state index >= 15 is 0 Å². The molecule has 0 bridgehead atoms. The Morgan fingerprint density at radius 3 is 2.27 bits per heavy atom. The lowest BCUT2D eigenvalue weighted by molar-refractivity contribution is -0.128. The van der Waals surface area contributed by atoms with Gasteiger partial charge in [-0.3, -0.25) is 8.98 Å². The first-order valence-corrected chi connectivity index (χ1v) is 6.84. The summed E-state index contributed by atoms with van der Waals surface area (Å²) in [5.74, 6) is -0.0420. The summed E-state index contributed by atoms with van der Waals surface area (Å²) in [4.78, 5) is 12.5. The monoisotopic (exact) mass is 237 g/mol. The van der Waals surface area contributed by atoms with Gasteiger partial charge in [-0.25, -0.2) is 0 Å². The molecule has 90 valence electrons. The van der Waals surface area contributed by atoms with Gasteiger partial charge in [0.2, 0.25) is 5.91 Å². The Labute approximate surface area is 91.5 Å². The minimum Gasteiger partial charge on any atom is -0.340 e. The van der Waals surface area contributed by atoms with E-state index in [-0.39, 0.29) is 12.0 Å². The maximum absolute atomic E-state index is 10.9. The van der Waals surface area contributed by atoms with Gasteiger partial charge in [-0.05, 0) is 6.42 Å². The fourth-order valence-electron chi connectivity index (χ4n) is 1.34. The van der Waals surface area contributed by atoms with Crippen LogP contribution in [-0.4, -0.2) is 44.7 Å². The number of nitrogens with zero attached hydrogens (tertiary/aromatic N) is 1. The van der Waals surface area contributed by atoms with E-state index in [1.54, 1.807) is 4.90 Å². The van der Waals surface area contributed by atoms with E-state index in [1.165, 1.54) is 6.92 Å². The molecule has 0 aliphatic carbocycles. The zero-order valence-corrected chi connectivity index (χ0v) is 10.5. The van der Waals surface area contributed by atoms with E-state index in [0.29, 0.717) is 19.5 Å². The number of carbonyl (C=O) groups excluding carboxylic acids is 1. The molecule has 1 rings (SSSR count). The van der Waals surface area contributed by atoms with Crippen molar-refractivity contribution < 1.29 is 17.4 Å². The average molecular weight is 237 g/mol. The van der Waals surface area contributed by atoms with Gasteiger partial charge in [-0.1, -0.05) is 13.8 Å². The third kappa shape index (κ3) is 5.74. The highest BCUT2D eigenvalue weighted by atomic mass is 32.2. The van der Waals surface area contributed by atoms with E-state index in [1.807, 2.05) is 13.8 Å². The fourth-order valence-corrected chi connectivity index (χ4v) is 1.99. The molecule has 0 unspecified atom stereocenters. The third-order valence-electron chi connectivity index (χ3n) is 1.90. The van der Waals surface area contributed by atoms with Crippen molar-refractivity contribution in [2.75, 3.05) is 19.3 Å². The molecular weight excluding hydrogens is 218 g/mol. The molecule has 0 aromatic carbocycles. The molecule has 1 aliphatic rings. The fraction of sp³-hybridized carbons (Fsp3) is 0.889. The molecule has 0 spiro atoms. The van der Waals surface area contributed by atoms with Crippen molar-refractivity contribution in [1.82, 2.24) is 4.90 Å². The molecule has 0 aromatic rings. The number of amides is 1. The predicted octanol–water partition coefficient (Wildman–Crippen LogP) is 0.610. The largest absolute Gasteiger partial charge is 0.340 e. The van der Waals surface area contributed by atoms with Gasteiger partial charge in [0.15, 0.2) is 0 Å². The van der Waals surface area contributed by atoms with Crippen LogP contribution in [0.3, 0.4) is 0 Å². The van der Waals surface area contributed by atoms with Gasteiger partial charge in [-0.2, -0.15) is 8.42 Å². The number of carbonyl (C=O) groups is 1. The average Bonchev–Trinajstić information content (AvgIpc) is 2.53. The highest BCUT2D eigenvalue weighted by molar-refractivity contribution is 7.86. The van der Waals surface area contributed by atoms with Crippen LogP contribution in [0, 0.1) is 0 Å². The molecule has 1 saturated heterocycles.